The van der Waals surface area contributed by atoms with E-state index in [0.29, 0.717) is 31.3 Å². The van der Waals surface area contributed by atoms with Gasteiger partial charge in [0.2, 0.25) is 0 Å². The van der Waals surface area contributed by atoms with E-state index in [1.165, 1.54) is 6.92 Å². The molecule has 0 aromatic heterocycles. The quantitative estimate of drug-likeness (QED) is 0.487. The molecule has 4 rings (SSSR count). The van der Waals surface area contributed by atoms with E-state index in [2.05, 4.69) is 20.4 Å². The van der Waals surface area contributed by atoms with Crippen LogP contribution in [0.15, 0.2) is 12.2 Å². The summed E-state index contributed by atoms with van der Waals surface area (Å²) < 4.78 is 5.66. The van der Waals surface area contributed by atoms with Crippen LogP contribution >= 0.6 is 0 Å². The summed E-state index contributed by atoms with van der Waals surface area (Å²) in [4.78, 5) is 25.4. The van der Waals surface area contributed by atoms with Crippen molar-refractivity contribution in [2.75, 3.05) is 6.61 Å². The molecule has 4 fully saturated rings. The number of esters is 1. The van der Waals surface area contributed by atoms with E-state index >= 15 is 0 Å². The van der Waals surface area contributed by atoms with Crippen LogP contribution in [0, 0.1) is 34.0 Å². The van der Waals surface area contributed by atoms with E-state index in [1.54, 1.807) is 0 Å². The Balaban J connectivity index is 1.93. The molecule has 0 radical (unpaired) electrons. The Morgan fingerprint density at radius 3 is 2.46 bits per heavy atom. The third-order valence-corrected chi connectivity index (χ3v) is 8.81. The molecule has 6 heteroatoms. The fraction of sp³-hybridized carbons (Fsp3) is 0.818. The lowest BCUT2D eigenvalue weighted by Crippen LogP contribution is -2.72. The minimum absolute atomic E-state index is 0.129. The van der Waals surface area contributed by atoms with Crippen molar-refractivity contribution in [1.29, 1.82) is 0 Å². The van der Waals surface area contributed by atoms with Crippen LogP contribution in [-0.2, 0) is 14.3 Å². The summed E-state index contributed by atoms with van der Waals surface area (Å²) in [6, 6.07) is 0. The third kappa shape index (κ3) is 2.14. The number of aliphatic hydroxyl groups excluding tert-OH is 3. The first kappa shape index (κ1) is 20.0. The zero-order valence-corrected chi connectivity index (χ0v) is 17.0. The lowest BCUT2D eigenvalue weighted by molar-refractivity contribution is -0.269. The fourth-order valence-electron chi connectivity index (χ4n) is 7.67. The van der Waals surface area contributed by atoms with Gasteiger partial charge in [0.15, 0.2) is 5.78 Å². The molecule has 2 bridgehead atoms. The van der Waals surface area contributed by atoms with Gasteiger partial charge >= 0.3 is 5.97 Å². The highest BCUT2D eigenvalue weighted by Crippen LogP contribution is 2.71. The number of fused-ring (bicyclic) bond motifs is 3. The van der Waals surface area contributed by atoms with Crippen LogP contribution in [0.4, 0.5) is 0 Å². The first-order valence-electron chi connectivity index (χ1n) is 10.4. The summed E-state index contributed by atoms with van der Waals surface area (Å²) in [6.07, 6.45) is 0.294. The molecule has 0 unspecified atom stereocenters. The van der Waals surface area contributed by atoms with Crippen molar-refractivity contribution in [1.82, 2.24) is 0 Å². The number of carbonyl (C=O) groups excluding carboxylic acids is 2. The van der Waals surface area contributed by atoms with Crippen molar-refractivity contribution in [3.8, 4) is 0 Å². The van der Waals surface area contributed by atoms with Gasteiger partial charge in [0.05, 0.1) is 18.8 Å². The van der Waals surface area contributed by atoms with Gasteiger partial charge in [-0.1, -0.05) is 20.4 Å². The van der Waals surface area contributed by atoms with Gasteiger partial charge < -0.3 is 20.1 Å². The van der Waals surface area contributed by atoms with Gasteiger partial charge in [-0.05, 0) is 54.9 Å². The van der Waals surface area contributed by atoms with Gasteiger partial charge in [-0.25, -0.2) is 0 Å². The van der Waals surface area contributed by atoms with E-state index < -0.39 is 41.0 Å². The number of hydrogen-bond acceptors (Lipinski definition) is 6. The highest BCUT2D eigenvalue weighted by Gasteiger charge is 2.77. The van der Waals surface area contributed by atoms with Crippen LogP contribution in [-0.4, -0.2) is 52.0 Å². The molecular weight excluding hydrogens is 360 g/mol. The van der Waals surface area contributed by atoms with Crippen LogP contribution in [0.5, 0.6) is 0 Å². The third-order valence-electron chi connectivity index (χ3n) is 8.81. The summed E-state index contributed by atoms with van der Waals surface area (Å²) in [5.74, 6) is -1.63. The maximum absolute atomic E-state index is 13.5. The first-order chi connectivity index (χ1) is 13.0. The van der Waals surface area contributed by atoms with Gasteiger partial charge in [-0.15, -0.1) is 0 Å². The molecule has 3 N–H and O–H groups in total. The summed E-state index contributed by atoms with van der Waals surface area (Å²) >= 11 is 0. The second kappa shape index (κ2) is 6.13. The maximum Gasteiger partial charge on any atom is 0.302 e. The molecule has 4 aliphatic rings. The van der Waals surface area contributed by atoms with E-state index in [1.807, 2.05) is 0 Å². The Kier molecular flexibility index (Phi) is 4.39. The second-order valence-corrected chi connectivity index (χ2v) is 10.2. The first-order valence-corrected chi connectivity index (χ1v) is 10.4. The predicted octanol–water partition coefficient (Wildman–Crippen LogP) is 1.61. The van der Waals surface area contributed by atoms with Gasteiger partial charge in [-0.2, -0.15) is 0 Å². The average molecular weight is 392 g/mol. The monoisotopic (exact) mass is 392 g/mol. The molecule has 4 saturated carbocycles. The number of rotatable bonds is 2. The fourth-order valence-corrected chi connectivity index (χ4v) is 7.67. The zero-order chi connectivity index (χ0) is 20.6. The molecule has 156 valence electrons. The largest absolute Gasteiger partial charge is 0.461 e. The Bertz CT molecular complexity index is 729. The Morgan fingerprint density at radius 2 is 1.86 bits per heavy atom. The number of aliphatic hydroxyl groups is 3. The maximum atomic E-state index is 13.5. The number of hydrogen-bond donors (Lipinski definition) is 3. The summed E-state index contributed by atoms with van der Waals surface area (Å²) in [5, 5.41) is 33.2. The summed E-state index contributed by atoms with van der Waals surface area (Å²) in [7, 11) is 0. The van der Waals surface area contributed by atoms with Crippen molar-refractivity contribution in [3.05, 3.63) is 12.2 Å². The van der Waals surface area contributed by atoms with E-state index in [0.717, 1.165) is 6.42 Å². The molecule has 6 nitrogen and oxygen atoms in total. The molecule has 4 aliphatic carbocycles. The van der Waals surface area contributed by atoms with Crippen molar-refractivity contribution in [2.24, 2.45) is 34.0 Å². The van der Waals surface area contributed by atoms with Crippen molar-refractivity contribution >= 4 is 11.8 Å². The predicted molar refractivity (Wildman–Crippen MR) is 101 cm³/mol. The minimum Gasteiger partial charge on any atom is -0.461 e. The van der Waals surface area contributed by atoms with E-state index in [9.17, 15) is 24.9 Å². The van der Waals surface area contributed by atoms with Crippen molar-refractivity contribution in [2.45, 2.75) is 71.2 Å². The van der Waals surface area contributed by atoms with Crippen LogP contribution in [0.1, 0.15) is 52.9 Å². The zero-order valence-electron chi connectivity index (χ0n) is 17.0. The molecule has 0 aromatic carbocycles. The van der Waals surface area contributed by atoms with E-state index in [-0.39, 0.29) is 29.6 Å². The summed E-state index contributed by atoms with van der Waals surface area (Å²) in [6.45, 7) is 9.27. The van der Waals surface area contributed by atoms with Crippen LogP contribution in [0.3, 0.4) is 0 Å². The normalized spacial score (nSPS) is 49.4. The summed E-state index contributed by atoms with van der Waals surface area (Å²) in [5.41, 5.74) is -2.00. The minimum atomic E-state index is -1.32. The van der Waals surface area contributed by atoms with Gasteiger partial charge in [-0.3, -0.25) is 9.59 Å². The molecule has 0 amide bonds. The highest BCUT2D eigenvalue weighted by atomic mass is 16.5. The Hall–Kier alpha value is -1.24. The van der Waals surface area contributed by atoms with Gasteiger partial charge in [0, 0.05) is 18.3 Å². The van der Waals surface area contributed by atoms with Crippen molar-refractivity contribution in [3.63, 3.8) is 0 Å². The number of ether oxygens (including phenoxy) is 1. The molecule has 8 atom stereocenters. The lowest BCUT2D eigenvalue weighted by atomic mass is 9.38. The number of Topliss-reactive ketones (excluding diaryl/α,β-unsaturated/α-hetero) is 1. The van der Waals surface area contributed by atoms with Crippen LogP contribution in [0.2, 0.25) is 0 Å². The Morgan fingerprint density at radius 1 is 1.18 bits per heavy atom. The molecule has 1 spiro atoms. The van der Waals surface area contributed by atoms with E-state index in [4.69, 9.17) is 4.74 Å². The van der Waals surface area contributed by atoms with Crippen LogP contribution in [0.25, 0.3) is 0 Å². The van der Waals surface area contributed by atoms with Gasteiger partial charge in [0.25, 0.3) is 0 Å². The topological polar surface area (TPSA) is 104 Å². The van der Waals surface area contributed by atoms with Gasteiger partial charge in [0.1, 0.15) is 11.5 Å². The molecule has 0 aliphatic heterocycles. The number of ketones is 1. The SMILES string of the molecule is C=C1C(=O)[C@@]23[C@H](O)C[C@@H]4C(C)(C)CC[C@H](O)[C@@]4(CO)[C@@H]2CC[C@@H]1[C@H]3OC(C)=O. The molecule has 28 heavy (non-hydrogen) atoms. The second-order valence-electron chi connectivity index (χ2n) is 10.2. The standard InChI is InChI=1S/C22H32O6/c1-11-13-5-6-14-21(10-23)15(20(3,4)8-7-16(21)25)9-17(26)22(14,18(11)27)19(13)28-12(2)24/h13-17,19,23,25-26H,1,5-10H2,2-4H3/t13-,14-,15+,16-,17+,19+,21-,22-/m0/s1. The average Bonchev–Trinajstić information content (AvgIpc) is 2.74. The lowest BCUT2D eigenvalue weighted by Gasteiger charge is -2.67. The molecule has 0 heterocycles. The van der Waals surface area contributed by atoms with Crippen LogP contribution < -0.4 is 0 Å². The molecular formula is C22H32O6. The molecule has 0 aromatic rings. The molecule has 0 saturated heterocycles. The smallest absolute Gasteiger partial charge is 0.302 e. The van der Waals surface area contributed by atoms with Crippen molar-refractivity contribution < 1.29 is 29.6 Å². The highest BCUT2D eigenvalue weighted by molar-refractivity contribution is 6.04. The number of carbonyl (C=O) groups is 2. The Labute approximate surface area is 166 Å².